The van der Waals surface area contributed by atoms with Gasteiger partial charge in [-0.25, -0.2) is 0 Å². The van der Waals surface area contributed by atoms with Gasteiger partial charge in [0, 0.05) is 30.9 Å². The third-order valence-electron chi connectivity index (χ3n) is 6.37. The van der Waals surface area contributed by atoms with Crippen LogP contribution >= 0.6 is 0 Å². The van der Waals surface area contributed by atoms with E-state index in [2.05, 4.69) is 17.4 Å². The van der Waals surface area contributed by atoms with Crippen LogP contribution in [0.2, 0.25) is 0 Å². The van der Waals surface area contributed by atoms with E-state index in [1.54, 1.807) is 0 Å². The smallest absolute Gasteiger partial charge is 0.235 e. The molecule has 0 unspecified atom stereocenters. The van der Waals surface area contributed by atoms with Gasteiger partial charge in [0.2, 0.25) is 11.8 Å². The Morgan fingerprint density at radius 1 is 1.03 bits per heavy atom. The highest BCUT2D eigenvalue weighted by Crippen LogP contribution is 2.42. The van der Waals surface area contributed by atoms with Crippen molar-refractivity contribution in [2.75, 3.05) is 16.8 Å². The quantitative estimate of drug-likeness (QED) is 0.805. The molecule has 5 heteroatoms. The monoisotopic (exact) mass is 391 g/mol. The molecule has 3 N–H and O–H groups in total. The molecule has 2 aromatic rings. The number of nitrogens with zero attached hydrogens (tertiary/aromatic N) is 1. The van der Waals surface area contributed by atoms with Gasteiger partial charge in [-0.2, -0.15) is 0 Å². The van der Waals surface area contributed by atoms with Crippen LogP contribution in [0.25, 0.3) is 0 Å². The number of benzene rings is 2. The van der Waals surface area contributed by atoms with Gasteiger partial charge in [0.1, 0.15) is 0 Å². The largest absolute Gasteiger partial charge is 0.326 e. The molecule has 0 spiro atoms. The Morgan fingerprint density at radius 3 is 2.48 bits per heavy atom. The number of amides is 2. The van der Waals surface area contributed by atoms with E-state index in [4.69, 9.17) is 5.73 Å². The van der Waals surface area contributed by atoms with Crippen molar-refractivity contribution in [2.45, 2.75) is 56.9 Å². The van der Waals surface area contributed by atoms with Crippen molar-refractivity contribution in [3.63, 3.8) is 0 Å². The fourth-order valence-corrected chi connectivity index (χ4v) is 4.68. The summed E-state index contributed by atoms with van der Waals surface area (Å²) in [6, 6.07) is 15.8. The number of nitrogens with one attached hydrogen (secondary N) is 1. The predicted octanol–water partition coefficient (Wildman–Crippen LogP) is 4.11. The van der Waals surface area contributed by atoms with E-state index in [1.165, 1.54) is 0 Å². The van der Waals surface area contributed by atoms with Crippen LogP contribution in [0.15, 0.2) is 48.5 Å². The lowest BCUT2D eigenvalue weighted by Gasteiger charge is -2.29. The molecule has 2 amide bonds. The van der Waals surface area contributed by atoms with E-state index in [-0.39, 0.29) is 11.8 Å². The molecule has 0 radical (unpaired) electrons. The van der Waals surface area contributed by atoms with Crippen molar-refractivity contribution in [3.8, 4) is 0 Å². The van der Waals surface area contributed by atoms with Gasteiger partial charge in [-0.15, -0.1) is 0 Å². The van der Waals surface area contributed by atoms with Crippen molar-refractivity contribution >= 4 is 23.2 Å². The maximum atomic E-state index is 13.4. The lowest BCUT2D eigenvalue weighted by molar-refractivity contribution is -0.121. The Labute approximate surface area is 172 Å². The summed E-state index contributed by atoms with van der Waals surface area (Å²) < 4.78 is 0. The van der Waals surface area contributed by atoms with Gasteiger partial charge in [-0.1, -0.05) is 37.1 Å². The van der Waals surface area contributed by atoms with Crippen molar-refractivity contribution in [2.24, 2.45) is 5.73 Å². The minimum absolute atomic E-state index is 0.0472. The number of carbonyl (C=O) groups is 2. The molecule has 1 saturated carbocycles. The van der Waals surface area contributed by atoms with Crippen LogP contribution in [0, 0.1) is 0 Å². The first-order chi connectivity index (χ1) is 14.1. The molecule has 29 heavy (non-hydrogen) atoms. The van der Waals surface area contributed by atoms with Gasteiger partial charge in [0.15, 0.2) is 0 Å². The van der Waals surface area contributed by atoms with Crippen LogP contribution in [0.3, 0.4) is 0 Å². The second-order valence-corrected chi connectivity index (χ2v) is 8.20. The average Bonchev–Trinajstić information content (AvgIpc) is 3.26. The molecule has 0 aromatic heterocycles. The van der Waals surface area contributed by atoms with Crippen LogP contribution in [-0.2, 0) is 21.5 Å². The second-order valence-electron chi connectivity index (χ2n) is 8.20. The number of hydrogen-bond donors (Lipinski definition) is 2. The second kappa shape index (κ2) is 8.37. The first kappa shape index (κ1) is 19.6. The average molecular weight is 392 g/mol. The summed E-state index contributed by atoms with van der Waals surface area (Å²) in [4.78, 5) is 27.3. The number of anilines is 2. The predicted molar refractivity (Wildman–Crippen MR) is 116 cm³/mol. The molecule has 2 fully saturated rings. The number of hydrogen-bond acceptors (Lipinski definition) is 3. The normalized spacial score (nSPS) is 18.7. The SMILES string of the molecule is NCc1cccc(C2(C(=O)Nc3ccc(N4CCCCC4=O)cc3)CCCC2)c1. The van der Waals surface area contributed by atoms with Crippen molar-refractivity contribution in [1.29, 1.82) is 0 Å². The topological polar surface area (TPSA) is 75.4 Å². The summed E-state index contributed by atoms with van der Waals surface area (Å²) in [5, 5.41) is 3.13. The summed E-state index contributed by atoms with van der Waals surface area (Å²) in [5.74, 6) is 0.226. The minimum atomic E-state index is -0.493. The Hall–Kier alpha value is -2.66. The van der Waals surface area contributed by atoms with E-state index in [1.807, 2.05) is 41.3 Å². The van der Waals surface area contributed by atoms with Crippen LogP contribution in [0.4, 0.5) is 11.4 Å². The maximum Gasteiger partial charge on any atom is 0.235 e. The molecular formula is C24H29N3O2. The molecule has 0 bridgehead atoms. The van der Waals surface area contributed by atoms with Crippen LogP contribution in [0.5, 0.6) is 0 Å². The van der Waals surface area contributed by atoms with Crippen LogP contribution < -0.4 is 16.0 Å². The lowest BCUT2D eigenvalue weighted by atomic mass is 9.77. The van der Waals surface area contributed by atoms with E-state index in [0.29, 0.717) is 13.0 Å². The molecular weight excluding hydrogens is 362 g/mol. The van der Waals surface area contributed by atoms with Gasteiger partial charge in [-0.05, 0) is 61.1 Å². The van der Waals surface area contributed by atoms with E-state index >= 15 is 0 Å². The number of rotatable bonds is 5. The standard InChI is InChI=1S/C24H29N3O2/c25-17-18-6-5-7-19(16-18)24(13-2-3-14-24)23(29)26-20-9-11-21(12-10-20)27-15-4-1-8-22(27)28/h5-7,9-12,16H,1-4,8,13-15,17,25H2,(H,26,29). The van der Waals surface area contributed by atoms with Crippen LogP contribution in [0.1, 0.15) is 56.1 Å². The molecule has 152 valence electrons. The van der Waals surface area contributed by atoms with Crippen LogP contribution in [-0.4, -0.2) is 18.4 Å². The van der Waals surface area contributed by atoms with Gasteiger partial charge in [0.25, 0.3) is 0 Å². The third kappa shape index (κ3) is 3.92. The highest BCUT2D eigenvalue weighted by Gasteiger charge is 2.42. The molecule has 1 saturated heterocycles. The zero-order chi connectivity index (χ0) is 20.3. The first-order valence-corrected chi connectivity index (χ1v) is 10.6. The lowest BCUT2D eigenvalue weighted by Crippen LogP contribution is -2.38. The Kier molecular flexibility index (Phi) is 5.67. The Morgan fingerprint density at radius 2 is 1.79 bits per heavy atom. The van der Waals surface area contributed by atoms with Gasteiger partial charge in [0.05, 0.1) is 5.41 Å². The summed E-state index contributed by atoms with van der Waals surface area (Å²) >= 11 is 0. The zero-order valence-electron chi connectivity index (χ0n) is 16.8. The fourth-order valence-electron chi connectivity index (χ4n) is 4.68. The highest BCUT2D eigenvalue weighted by molar-refractivity contribution is 6.00. The van der Waals surface area contributed by atoms with E-state index in [0.717, 1.165) is 67.6 Å². The highest BCUT2D eigenvalue weighted by atomic mass is 16.2. The van der Waals surface area contributed by atoms with Gasteiger partial charge >= 0.3 is 0 Å². The van der Waals surface area contributed by atoms with Gasteiger partial charge in [-0.3, -0.25) is 9.59 Å². The van der Waals surface area contributed by atoms with Gasteiger partial charge < -0.3 is 16.0 Å². The molecule has 4 rings (SSSR count). The Balaban J connectivity index is 1.53. The van der Waals surface area contributed by atoms with Crippen molar-refractivity contribution < 1.29 is 9.59 Å². The Bertz CT molecular complexity index is 885. The molecule has 1 aliphatic heterocycles. The number of piperidine rings is 1. The van der Waals surface area contributed by atoms with Crippen molar-refractivity contribution in [3.05, 3.63) is 59.7 Å². The zero-order valence-corrected chi connectivity index (χ0v) is 16.8. The minimum Gasteiger partial charge on any atom is -0.326 e. The van der Waals surface area contributed by atoms with E-state index in [9.17, 15) is 9.59 Å². The van der Waals surface area contributed by atoms with E-state index < -0.39 is 5.41 Å². The summed E-state index contributed by atoms with van der Waals surface area (Å²) in [7, 11) is 0. The number of nitrogens with two attached hydrogens (primary N) is 1. The molecule has 0 atom stereocenters. The summed E-state index contributed by atoms with van der Waals surface area (Å²) in [6.07, 6.45) is 6.43. The maximum absolute atomic E-state index is 13.4. The number of carbonyl (C=O) groups excluding carboxylic acids is 2. The molecule has 5 nitrogen and oxygen atoms in total. The van der Waals surface area contributed by atoms with Crippen molar-refractivity contribution in [1.82, 2.24) is 0 Å². The summed E-state index contributed by atoms with van der Waals surface area (Å²) in [6.45, 7) is 1.24. The molecule has 1 heterocycles. The first-order valence-electron chi connectivity index (χ1n) is 10.6. The third-order valence-corrected chi connectivity index (χ3v) is 6.37. The molecule has 2 aromatic carbocycles. The molecule has 1 aliphatic carbocycles. The summed E-state index contributed by atoms with van der Waals surface area (Å²) in [5.41, 5.74) is 9.11. The fraction of sp³-hybridized carbons (Fsp3) is 0.417. The molecule has 2 aliphatic rings.